The summed E-state index contributed by atoms with van der Waals surface area (Å²) < 4.78 is 18.7. The van der Waals surface area contributed by atoms with Gasteiger partial charge in [-0.25, -0.2) is 4.39 Å². The van der Waals surface area contributed by atoms with Crippen LogP contribution in [0.25, 0.3) is 0 Å². The molecule has 0 saturated carbocycles. The zero-order chi connectivity index (χ0) is 15.1. The zero-order valence-corrected chi connectivity index (χ0v) is 13.1. The van der Waals surface area contributed by atoms with Gasteiger partial charge in [-0.2, -0.15) is 4.98 Å². The molecule has 1 N–H and O–H groups in total. The molecule has 0 amide bonds. The first-order valence-corrected chi connectivity index (χ1v) is 8.09. The van der Waals surface area contributed by atoms with Crippen LogP contribution in [0.5, 0.6) is 0 Å². The molecular weight excluding hydrogens is 289 g/mol. The number of hydrogen-bond donors (Lipinski definition) is 1. The Morgan fingerprint density at radius 1 is 1.38 bits per heavy atom. The van der Waals surface area contributed by atoms with E-state index in [1.54, 1.807) is 12.1 Å². The van der Waals surface area contributed by atoms with Gasteiger partial charge in [-0.15, -0.1) is 11.8 Å². The highest BCUT2D eigenvalue weighted by atomic mass is 32.2. The van der Waals surface area contributed by atoms with Gasteiger partial charge >= 0.3 is 0 Å². The van der Waals surface area contributed by atoms with Crippen LogP contribution < -0.4 is 5.32 Å². The largest absolute Gasteiger partial charge is 0.339 e. The lowest BCUT2D eigenvalue weighted by atomic mass is 10.2. The van der Waals surface area contributed by atoms with E-state index in [1.165, 1.54) is 17.8 Å². The van der Waals surface area contributed by atoms with Crippen LogP contribution in [0.1, 0.15) is 32.0 Å². The van der Waals surface area contributed by atoms with Gasteiger partial charge in [0.05, 0.1) is 5.75 Å². The second kappa shape index (κ2) is 8.14. The number of nitrogens with zero attached hydrogens (tertiary/aromatic N) is 2. The quantitative estimate of drug-likeness (QED) is 0.757. The molecular formula is C15H20FN3OS. The second-order valence-corrected chi connectivity index (χ2v) is 5.84. The number of nitrogens with one attached hydrogen (secondary N) is 1. The van der Waals surface area contributed by atoms with Gasteiger partial charge in [0.2, 0.25) is 5.89 Å². The summed E-state index contributed by atoms with van der Waals surface area (Å²) in [6.45, 7) is 5.17. The first kappa shape index (κ1) is 16.0. The number of aromatic nitrogens is 2. The van der Waals surface area contributed by atoms with Crippen molar-refractivity contribution in [2.24, 2.45) is 0 Å². The van der Waals surface area contributed by atoms with Crippen LogP contribution >= 0.6 is 11.8 Å². The van der Waals surface area contributed by atoms with Gasteiger partial charge in [0, 0.05) is 17.4 Å². The van der Waals surface area contributed by atoms with Crippen LogP contribution in [-0.4, -0.2) is 22.7 Å². The number of thioether (sulfide) groups is 1. The monoisotopic (exact) mass is 309 g/mol. The van der Waals surface area contributed by atoms with Gasteiger partial charge in [-0.05, 0) is 32.0 Å². The standard InChI is InChI=1S/C15H20FN3OS/c1-3-17-11(2)8-9-15-18-14(19-20-15)10-21-13-7-5-4-6-12(13)16/h4-7,11,17H,3,8-10H2,1-2H3. The molecule has 6 heteroatoms. The lowest BCUT2D eigenvalue weighted by molar-refractivity contribution is 0.364. The number of rotatable bonds is 8. The highest BCUT2D eigenvalue weighted by Gasteiger charge is 2.10. The number of aryl methyl sites for hydroxylation is 1. The summed E-state index contributed by atoms with van der Waals surface area (Å²) in [5.41, 5.74) is 0. The predicted octanol–water partition coefficient (Wildman–Crippen LogP) is 3.43. The Bertz CT molecular complexity index is 561. The average Bonchev–Trinajstić information content (AvgIpc) is 2.93. The maximum absolute atomic E-state index is 13.5. The minimum Gasteiger partial charge on any atom is -0.339 e. The fraction of sp³-hybridized carbons (Fsp3) is 0.467. The Balaban J connectivity index is 1.82. The van der Waals surface area contributed by atoms with E-state index in [2.05, 4.69) is 29.3 Å². The molecule has 4 nitrogen and oxygen atoms in total. The van der Waals surface area contributed by atoms with Crippen molar-refractivity contribution < 1.29 is 8.91 Å². The molecule has 0 bridgehead atoms. The number of benzene rings is 1. The van der Waals surface area contributed by atoms with Crippen LogP contribution in [0.15, 0.2) is 33.7 Å². The third-order valence-corrected chi connectivity index (χ3v) is 4.09. The normalized spacial score (nSPS) is 12.5. The zero-order valence-electron chi connectivity index (χ0n) is 12.3. The van der Waals surface area contributed by atoms with Crippen molar-refractivity contribution in [3.8, 4) is 0 Å². The van der Waals surface area contributed by atoms with Crippen molar-refractivity contribution in [1.82, 2.24) is 15.5 Å². The Morgan fingerprint density at radius 3 is 2.95 bits per heavy atom. The molecule has 0 saturated heterocycles. The predicted molar refractivity (Wildman–Crippen MR) is 81.7 cm³/mol. The highest BCUT2D eigenvalue weighted by molar-refractivity contribution is 7.98. The van der Waals surface area contributed by atoms with E-state index < -0.39 is 0 Å². The van der Waals surface area contributed by atoms with Crippen LogP contribution in [-0.2, 0) is 12.2 Å². The molecule has 1 aromatic carbocycles. The minimum absolute atomic E-state index is 0.217. The molecule has 1 heterocycles. The van der Waals surface area contributed by atoms with Crippen molar-refractivity contribution in [3.63, 3.8) is 0 Å². The molecule has 0 spiro atoms. The van der Waals surface area contributed by atoms with Crippen molar-refractivity contribution >= 4 is 11.8 Å². The summed E-state index contributed by atoms with van der Waals surface area (Å²) in [5, 5.41) is 7.27. The molecule has 0 fully saturated rings. The van der Waals surface area contributed by atoms with E-state index in [4.69, 9.17) is 4.52 Å². The molecule has 114 valence electrons. The number of hydrogen-bond acceptors (Lipinski definition) is 5. The fourth-order valence-corrected chi connectivity index (χ4v) is 2.73. The Morgan fingerprint density at radius 2 is 2.19 bits per heavy atom. The topological polar surface area (TPSA) is 51.0 Å². The van der Waals surface area contributed by atoms with Crippen molar-refractivity contribution in [3.05, 3.63) is 41.8 Å². The van der Waals surface area contributed by atoms with E-state index in [-0.39, 0.29) is 5.82 Å². The molecule has 1 unspecified atom stereocenters. The molecule has 0 aliphatic heterocycles. The van der Waals surface area contributed by atoms with Crippen molar-refractivity contribution in [1.29, 1.82) is 0 Å². The highest BCUT2D eigenvalue weighted by Crippen LogP contribution is 2.24. The minimum atomic E-state index is -0.217. The fourth-order valence-electron chi connectivity index (χ4n) is 1.94. The molecule has 21 heavy (non-hydrogen) atoms. The van der Waals surface area contributed by atoms with E-state index in [9.17, 15) is 4.39 Å². The van der Waals surface area contributed by atoms with Gasteiger partial charge in [-0.1, -0.05) is 24.2 Å². The van der Waals surface area contributed by atoms with Gasteiger partial charge in [0.25, 0.3) is 0 Å². The third kappa shape index (κ3) is 5.13. The van der Waals surface area contributed by atoms with E-state index in [0.29, 0.717) is 28.4 Å². The van der Waals surface area contributed by atoms with Gasteiger partial charge in [-0.3, -0.25) is 0 Å². The molecule has 0 aliphatic carbocycles. The van der Waals surface area contributed by atoms with Crippen LogP contribution in [0.2, 0.25) is 0 Å². The van der Waals surface area contributed by atoms with E-state index in [0.717, 1.165) is 19.4 Å². The molecule has 1 aromatic heterocycles. The van der Waals surface area contributed by atoms with E-state index in [1.807, 2.05) is 6.07 Å². The lowest BCUT2D eigenvalue weighted by Gasteiger charge is -2.09. The SMILES string of the molecule is CCNC(C)CCc1nc(CSc2ccccc2F)no1. The maximum Gasteiger partial charge on any atom is 0.226 e. The Kier molecular flexibility index (Phi) is 6.20. The summed E-state index contributed by atoms with van der Waals surface area (Å²) in [7, 11) is 0. The van der Waals surface area contributed by atoms with Crippen LogP contribution in [0.4, 0.5) is 4.39 Å². The van der Waals surface area contributed by atoms with Gasteiger partial charge in [0.15, 0.2) is 5.82 Å². The second-order valence-electron chi connectivity index (χ2n) is 4.82. The smallest absolute Gasteiger partial charge is 0.226 e. The third-order valence-electron chi connectivity index (χ3n) is 3.05. The van der Waals surface area contributed by atoms with Crippen molar-refractivity contribution in [2.45, 2.75) is 43.4 Å². The summed E-state index contributed by atoms with van der Waals surface area (Å²) >= 11 is 1.37. The van der Waals surface area contributed by atoms with Gasteiger partial charge < -0.3 is 9.84 Å². The summed E-state index contributed by atoms with van der Waals surface area (Å²) in [6.07, 6.45) is 1.71. The van der Waals surface area contributed by atoms with Crippen molar-refractivity contribution in [2.75, 3.05) is 6.54 Å². The maximum atomic E-state index is 13.5. The molecule has 1 atom stereocenters. The molecule has 0 aliphatic rings. The first-order valence-electron chi connectivity index (χ1n) is 7.11. The first-order chi connectivity index (χ1) is 10.2. The van der Waals surface area contributed by atoms with Gasteiger partial charge in [0.1, 0.15) is 5.82 Å². The lowest BCUT2D eigenvalue weighted by Crippen LogP contribution is -2.25. The van der Waals surface area contributed by atoms with Crippen LogP contribution in [0.3, 0.4) is 0 Å². The van der Waals surface area contributed by atoms with E-state index >= 15 is 0 Å². The summed E-state index contributed by atoms with van der Waals surface area (Å²) in [5.74, 6) is 1.54. The van der Waals surface area contributed by atoms with Crippen LogP contribution in [0, 0.1) is 5.82 Å². The summed E-state index contributed by atoms with van der Waals surface area (Å²) in [4.78, 5) is 4.94. The Labute approximate surface area is 128 Å². The summed E-state index contributed by atoms with van der Waals surface area (Å²) in [6, 6.07) is 7.12. The average molecular weight is 309 g/mol. The molecule has 2 rings (SSSR count). The molecule has 2 aromatic rings. The Hall–Kier alpha value is -1.40. The number of halogens is 1. The molecule has 0 radical (unpaired) electrons.